The number of likely N-dealkylation sites (tertiary alicyclic amines) is 1. The van der Waals surface area contributed by atoms with Crippen LogP contribution < -0.4 is 14.4 Å². The Morgan fingerprint density at radius 3 is 1.97 bits per heavy atom. The second-order valence-corrected chi connectivity index (χ2v) is 10.3. The van der Waals surface area contributed by atoms with Crippen LogP contribution >= 0.6 is 0 Å². The van der Waals surface area contributed by atoms with E-state index in [1.165, 1.54) is 0 Å². The van der Waals surface area contributed by atoms with Crippen molar-refractivity contribution in [3.63, 3.8) is 0 Å². The summed E-state index contributed by atoms with van der Waals surface area (Å²) in [7, 11) is 3.25. The molecule has 0 aromatic heterocycles. The Bertz CT molecular complexity index is 1260. The first-order chi connectivity index (χ1) is 17.9. The van der Waals surface area contributed by atoms with Crippen molar-refractivity contribution in [3.05, 3.63) is 89.5 Å². The summed E-state index contributed by atoms with van der Waals surface area (Å²) in [5.74, 6) is 1.71. The maximum absolute atomic E-state index is 14.4. The maximum atomic E-state index is 14.4. The van der Waals surface area contributed by atoms with Gasteiger partial charge in [-0.15, -0.1) is 0 Å². The summed E-state index contributed by atoms with van der Waals surface area (Å²) in [6.45, 7) is 5.87. The molecule has 2 aliphatic heterocycles. The van der Waals surface area contributed by atoms with Gasteiger partial charge in [0.15, 0.2) is 0 Å². The summed E-state index contributed by atoms with van der Waals surface area (Å²) < 4.78 is 10.8. The van der Waals surface area contributed by atoms with E-state index in [0.717, 1.165) is 42.1 Å². The summed E-state index contributed by atoms with van der Waals surface area (Å²) >= 11 is 0. The van der Waals surface area contributed by atoms with E-state index in [-0.39, 0.29) is 11.8 Å². The quantitative estimate of drug-likeness (QED) is 0.453. The molecular weight excluding hydrogens is 464 g/mol. The van der Waals surface area contributed by atoms with Crippen molar-refractivity contribution in [2.24, 2.45) is 11.8 Å². The molecule has 0 spiro atoms. The zero-order chi connectivity index (χ0) is 26.1. The molecule has 0 bridgehead atoms. The number of carbonyl (C=O) groups is 2. The zero-order valence-corrected chi connectivity index (χ0v) is 21.9. The first-order valence-electron chi connectivity index (χ1n) is 12.9. The van der Waals surface area contributed by atoms with Crippen molar-refractivity contribution < 1.29 is 19.1 Å². The maximum Gasteiger partial charge on any atom is 0.259 e. The Morgan fingerprint density at radius 1 is 0.811 bits per heavy atom. The average molecular weight is 499 g/mol. The van der Waals surface area contributed by atoms with Crippen LogP contribution in [0.15, 0.2) is 72.8 Å². The topological polar surface area (TPSA) is 59.1 Å². The third kappa shape index (κ3) is 4.68. The van der Waals surface area contributed by atoms with Gasteiger partial charge in [-0.1, -0.05) is 44.2 Å². The van der Waals surface area contributed by atoms with Crippen molar-refractivity contribution in [3.8, 4) is 11.5 Å². The Hall–Kier alpha value is -3.80. The van der Waals surface area contributed by atoms with Crippen LogP contribution in [-0.4, -0.2) is 44.0 Å². The molecule has 2 amide bonds. The molecule has 3 aromatic rings. The number of hydrogen-bond acceptors (Lipinski definition) is 4. The van der Waals surface area contributed by atoms with Gasteiger partial charge in [-0.3, -0.25) is 14.5 Å². The van der Waals surface area contributed by atoms with Crippen molar-refractivity contribution in [2.45, 2.75) is 32.2 Å². The van der Waals surface area contributed by atoms with Crippen LogP contribution in [0.2, 0.25) is 0 Å². The monoisotopic (exact) mass is 498 g/mol. The molecule has 0 aliphatic carbocycles. The highest BCUT2D eigenvalue weighted by atomic mass is 16.5. The van der Waals surface area contributed by atoms with Crippen molar-refractivity contribution in [1.29, 1.82) is 0 Å². The zero-order valence-electron chi connectivity index (χ0n) is 21.9. The van der Waals surface area contributed by atoms with E-state index in [1.54, 1.807) is 19.1 Å². The van der Waals surface area contributed by atoms with Gasteiger partial charge in [0.2, 0.25) is 5.91 Å². The largest absolute Gasteiger partial charge is 0.497 e. The fourth-order valence-corrected chi connectivity index (χ4v) is 6.01. The fourth-order valence-electron chi connectivity index (χ4n) is 6.01. The molecule has 2 aliphatic rings. The number of carbonyl (C=O) groups excluding carboxylic acids is 2. The molecule has 3 aromatic carbocycles. The van der Waals surface area contributed by atoms with E-state index in [1.807, 2.05) is 77.7 Å². The predicted octanol–water partition coefficient (Wildman–Crippen LogP) is 5.69. The summed E-state index contributed by atoms with van der Waals surface area (Å²) in [5.41, 5.74) is 2.96. The summed E-state index contributed by atoms with van der Waals surface area (Å²) in [4.78, 5) is 32.3. The lowest BCUT2D eigenvalue weighted by Crippen LogP contribution is -2.51. The lowest BCUT2D eigenvalue weighted by molar-refractivity contribution is -0.136. The number of benzene rings is 3. The number of piperidine rings is 1. The molecule has 2 heterocycles. The first kappa shape index (κ1) is 24.9. The minimum atomic E-state index is -0.540. The normalized spacial score (nSPS) is 23.4. The van der Waals surface area contributed by atoms with Crippen molar-refractivity contribution >= 4 is 17.5 Å². The highest BCUT2D eigenvalue weighted by molar-refractivity contribution is 6.11. The number of fused-ring (bicyclic) bond motifs is 1. The number of anilines is 1. The van der Waals surface area contributed by atoms with Gasteiger partial charge in [0.05, 0.1) is 26.2 Å². The molecule has 0 radical (unpaired) electrons. The Labute approximate surface area is 218 Å². The van der Waals surface area contributed by atoms with Crippen molar-refractivity contribution in [1.82, 2.24) is 4.90 Å². The molecule has 1 fully saturated rings. The van der Waals surface area contributed by atoms with Gasteiger partial charge in [0.1, 0.15) is 11.5 Å². The third-order valence-electron chi connectivity index (χ3n) is 7.59. The number of hydrogen-bond donors (Lipinski definition) is 0. The predicted molar refractivity (Wildman–Crippen MR) is 144 cm³/mol. The third-order valence-corrected chi connectivity index (χ3v) is 7.59. The minimum Gasteiger partial charge on any atom is -0.497 e. The SMILES string of the molecule is COc1ccc([C@@H]2[C@H](C(=O)N3C[C@@H](C)C[C@H](C)C3)c3ccccc3C(=O)N2c2ccc(OC)cc2)cc1. The molecule has 6 heteroatoms. The van der Waals surface area contributed by atoms with Gasteiger partial charge in [-0.25, -0.2) is 0 Å². The number of amides is 2. The number of methoxy groups -OCH3 is 2. The molecule has 192 valence electrons. The first-order valence-corrected chi connectivity index (χ1v) is 12.9. The lowest BCUT2D eigenvalue weighted by Gasteiger charge is -2.45. The Morgan fingerprint density at radius 2 is 1.38 bits per heavy atom. The summed E-state index contributed by atoms with van der Waals surface area (Å²) in [6, 6.07) is 22.2. The molecular formula is C31H34N2O4. The van der Waals surface area contributed by atoms with Gasteiger partial charge in [-0.05, 0) is 71.8 Å². The second kappa shape index (κ2) is 10.3. The molecule has 0 unspecified atom stereocenters. The van der Waals surface area contributed by atoms with E-state index in [2.05, 4.69) is 13.8 Å². The van der Waals surface area contributed by atoms with Gasteiger partial charge in [-0.2, -0.15) is 0 Å². The summed E-state index contributed by atoms with van der Waals surface area (Å²) in [6.07, 6.45) is 1.11. The van der Waals surface area contributed by atoms with E-state index in [0.29, 0.717) is 23.1 Å². The van der Waals surface area contributed by atoms with Crippen LogP contribution in [0.5, 0.6) is 11.5 Å². The second-order valence-electron chi connectivity index (χ2n) is 10.3. The molecule has 0 N–H and O–H groups in total. The van der Waals surface area contributed by atoms with Crippen LogP contribution in [0.25, 0.3) is 0 Å². The molecule has 5 rings (SSSR count). The molecule has 1 saturated heterocycles. The molecule has 37 heavy (non-hydrogen) atoms. The van der Waals surface area contributed by atoms with Crippen LogP contribution in [-0.2, 0) is 4.79 Å². The average Bonchev–Trinajstić information content (AvgIpc) is 2.92. The van der Waals surface area contributed by atoms with Gasteiger partial charge >= 0.3 is 0 Å². The Kier molecular flexibility index (Phi) is 6.92. The van der Waals surface area contributed by atoms with Gasteiger partial charge in [0.25, 0.3) is 5.91 Å². The molecule has 6 nitrogen and oxygen atoms in total. The number of ether oxygens (including phenoxy) is 2. The van der Waals surface area contributed by atoms with Gasteiger partial charge in [0, 0.05) is 24.3 Å². The standard InChI is InChI=1S/C31H34N2O4/c1-20-17-21(2)19-32(18-20)31(35)28-26-7-5-6-8-27(26)30(34)33(23-11-15-25(37-4)16-12-23)29(28)22-9-13-24(36-3)14-10-22/h5-16,20-21,28-29H,17-19H2,1-4H3/t20-,21-,28+,29+/m0/s1. The number of rotatable bonds is 5. The van der Waals surface area contributed by atoms with Crippen molar-refractivity contribution in [2.75, 3.05) is 32.2 Å². The number of nitrogens with zero attached hydrogens (tertiary/aromatic N) is 2. The van der Waals surface area contributed by atoms with Crippen LogP contribution in [0.4, 0.5) is 5.69 Å². The fraction of sp³-hybridized carbons (Fsp3) is 0.355. The van der Waals surface area contributed by atoms with Gasteiger partial charge < -0.3 is 14.4 Å². The lowest BCUT2D eigenvalue weighted by atomic mass is 9.78. The van der Waals surface area contributed by atoms with E-state index >= 15 is 0 Å². The minimum absolute atomic E-state index is 0.0673. The highest BCUT2D eigenvalue weighted by Gasteiger charge is 2.46. The van der Waals surface area contributed by atoms with Crippen LogP contribution in [0, 0.1) is 11.8 Å². The summed E-state index contributed by atoms with van der Waals surface area (Å²) in [5, 5.41) is 0. The molecule has 4 atom stereocenters. The molecule has 0 saturated carbocycles. The van der Waals surface area contributed by atoms with E-state index in [9.17, 15) is 9.59 Å². The van der Waals surface area contributed by atoms with Crippen LogP contribution in [0.1, 0.15) is 53.7 Å². The Balaban J connectivity index is 1.69. The highest BCUT2D eigenvalue weighted by Crippen LogP contribution is 2.46. The smallest absolute Gasteiger partial charge is 0.259 e. The van der Waals surface area contributed by atoms with E-state index < -0.39 is 12.0 Å². The van der Waals surface area contributed by atoms with E-state index in [4.69, 9.17) is 9.47 Å². The van der Waals surface area contributed by atoms with Crippen LogP contribution in [0.3, 0.4) is 0 Å².